The Labute approximate surface area is 132 Å². The normalized spacial score (nSPS) is 11.5. The quantitative estimate of drug-likeness (QED) is 0.665. The van der Waals surface area contributed by atoms with Gasteiger partial charge in [0, 0.05) is 11.1 Å². The van der Waals surface area contributed by atoms with E-state index in [1.807, 2.05) is 20.8 Å². The molecule has 2 rings (SSSR count). The van der Waals surface area contributed by atoms with Crippen molar-refractivity contribution in [2.24, 2.45) is 0 Å². The Bertz CT molecular complexity index is 680. The first-order valence-corrected chi connectivity index (χ1v) is 7.65. The Hall–Kier alpha value is -2.09. The maximum Gasteiger partial charge on any atom is 0.234 e. The molecule has 0 atom stereocenters. The molecule has 1 aromatic carbocycles. The Kier molecular flexibility index (Phi) is 4.70. The fourth-order valence-corrected chi connectivity index (χ4v) is 2.44. The minimum Gasteiger partial charge on any atom is -0.336 e. The van der Waals surface area contributed by atoms with E-state index in [1.165, 1.54) is 34.6 Å². The molecule has 0 aliphatic heterocycles. The van der Waals surface area contributed by atoms with E-state index in [0.717, 1.165) is 0 Å². The van der Waals surface area contributed by atoms with Gasteiger partial charge in [-0.25, -0.2) is 9.07 Å². The van der Waals surface area contributed by atoms with Crippen LogP contribution in [0.4, 0.5) is 10.1 Å². The number of nitrogen functional groups attached to an aromatic ring is 1. The number of anilines is 1. The van der Waals surface area contributed by atoms with Gasteiger partial charge in [0.05, 0.1) is 5.75 Å². The number of hydrogen-bond donors (Lipinski definition) is 2. The van der Waals surface area contributed by atoms with Gasteiger partial charge in [-0.05, 0) is 18.2 Å². The highest BCUT2D eigenvalue weighted by Gasteiger charge is 2.23. The van der Waals surface area contributed by atoms with Crippen molar-refractivity contribution in [2.45, 2.75) is 31.3 Å². The van der Waals surface area contributed by atoms with Crippen LogP contribution in [-0.2, 0) is 10.2 Å². The molecule has 0 saturated carbocycles. The first-order valence-electron chi connectivity index (χ1n) is 6.66. The largest absolute Gasteiger partial charge is 0.336 e. The van der Waals surface area contributed by atoms with Gasteiger partial charge in [-0.1, -0.05) is 38.6 Å². The topological polar surface area (TPSA) is 85.8 Å². The highest BCUT2D eigenvalue weighted by molar-refractivity contribution is 7.99. The molecular formula is C14H18FN5OS. The predicted molar refractivity (Wildman–Crippen MR) is 84.6 cm³/mol. The first kappa shape index (κ1) is 16.3. The van der Waals surface area contributed by atoms with Crippen molar-refractivity contribution in [3.63, 3.8) is 0 Å². The number of carbonyl (C=O) groups is 1. The molecule has 0 radical (unpaired) electrons. The number of carbonyl (C=O) groups excluding carboxylic acids is 1. The van der Waals surface area contributed by atoms with E-state index in [2.05, 4.69) is 15.5 Å². The summed E-state index contributed by atoms with van der Waals surface area (Å²) < 4.78 is 14.4. The van der Waals surface area contributed by atoms with Crippen molar-refractivity contribution in [1.29, 1.82) is 0 Å². The maximum atomic E-state index is 13.0. The molecule has 8 heteroatoms. The number of nitrogens with zero attached hydrogens (tertiary/aromatic N) is 3. The third-order valence-electron chi connectivity index (χ3n) is 2.78. The zero-order chi connectivity index (χ0) is 16.3. The SMILES string of the molecule is CC(C)(C)c1nnc(SCC(=O)Nc2cccc(F)c2)n1N. The molecule has 0 saturated heterocycles. The summed E-state index contributed by atoms with van der Waals surface area (Å²) in [4.78, 5) is 11.9. The van der Waals surface area contributed by atoms with Gasteiger partial charge in [0.25, 0.3) is 0 Å². The Balaban J connectivity index is 1.96. The van der Waals surface area contributed by atoms with Gasteiger partial charge >= 0.3 is 0 Å². The highest BCUT2D eigenvalue weighted by atomic mass is 32.2. The average Bonchev–Trinajstić information content (AvgIpc) is 2.77. The number of thioether (sulfide) groups is 1. The van der Waals surface area contributed by atoms with E-state index in [4.69, 9.17) is 5.84 Å². The van der Waals surface area contributed by atoms with Crippen LogP contribution in [0.15, 0.2) is 29.4 Å². The van der Waals surface area contributed by atoms with E-state index in [1.54, 1.807) is 6.07 Å². The van der Waals surface area contributed by atoms with Crippen LogP contribution >= 0.6 is 11.8 Å². The minimum atomic E-state index is -0.401. The summed E-state index contributed by atoms with van der Waals surface area (Å²) in [5.74, 6) is 6.02. The van der Waals surface area contributed by atoms with Gasteiger partial charge in [-0.2, -0.15) is 0 Å². The molecule has 0 aliphatic rings. The molecule has 3 N–H and O–H groups in total. The van der Waals surface area contributed by atoms with Crippen LogP contribution in [0.25, 0.3) is 0 Å². The number of rotatable bonds is 4. The summed E-state index contributed by atoms with van der Waals surface area (Å²) in [6.07, 6.45) is 0. The van der Waals surface area contributed by atoms with E-state index in [0.29, 0.717) is 16.7 Å². The van der Waals surface area contributed by atoms with Gasteiger partial charge in [0.1, 0.15) is 5.82 Å². The lowest BCUT2D eigenvalue weighted by Crippen LogP contribution is -2.24. The van der Waals surface area contributed by atoms with Crippen LogP contribution in [0.1, 0.15) is 26.6 Å². The van der Waals surface area contributed by atoms with Crippen LogP contribution in [0.2, 0.25) is 0 Å². The lowest BCUT2D eigenvalue weighted by Gasteiger charge is -2.16. The second kappa shape index (κ2) is 6.35. The molecule has 2 aromatic rings. The molecule has 0 bridgehead atoms. The Morgan fingerprint density at radius 3 is 2.73 bits per heavy atom. The monoisotopic (exact) mass is 323 g/mol. The van der Waals surface area contributed by atoms with Crippen molar-refractivity contribution in [2.75, 3.05) is 16.9 Å². The second-order valence-corrected chi connectivity index (χ2v) is 6.72. The van der Waals surface area contributed by atoms with Gasteiger partial charge in [0.15, 0.2) is 5.82 Å². The molecule has 0 aliphatic carbocycles. The smallest absolute Gasteiger partial charge is 0.234 e. The second-order valence-electron chi connectivity index (χ2n) is 5.77. The number of halogens is 1. The molecule has 1 aromatic heterocycles. The lowest BCUT2D eigenvalue weighted by molar-refractivity contribution is -0.113. The number of amides is 1. The van der Waals surface area contributed by atoms with Crippen molar-refractivity contribution in [1.82, 2.24) is 14.9 Å². The number of nitrogens with one attached hydrogen (secondary N) is 1. The summed E-state index contributed by atoms with van der Waals surface area (Å²) in [5.41, 5.74) is 0.180. The zero-order valence-corrected chi connectivity index (χ0v) is 13.4. The first-order chi connectivity index (χ1) is 10.3. The third-order valence-corrected chi connectivity index (χ3v) is 3.72. The number of hydrogen-bond acceptors (Lipinski definition) is 5. The van der Waals surface area contributed by atoms with E-state index in [9.17, 15) is 9.18 Å². The fraction of sp³-hybridized carbons (Fsp3) is 0.357. The summed E-state index contributed by atoms with van der Waals surface area (Å²) in [5, 5.41) is 11.1. The number of benzene rings is 1. The molecule has 1 amide bonds. The van der Waals surface area contributed by atoms with E-state index >= 15 is 0 Å². The van der Waals surface area contributed by atoms with Gasteiger partial charge in [0.2, 0.25) is 11.1 Å². The van der Waals surface area contributed by atoms with Crippen molar-refractivity contribution < 1.29 is 9.18 Å². The summed E-state index contributed by atoms with van der Waals surface area (Å²) in [6, 6.07) is 5.72. The maximum absolute atomic E-state index is 13.0. The zero-order valence-electron chi connectivity index (χ0n) is 12.6. The molecule has 22 heavy (non-hydrogen) atoms. The molecular weight excluding hydrogens is 305 g/mol. The average molecular weight is 323 g/mol. The van der Waals surface area contributed by atoms with Crippen molar-refractivity contribution >= 4 is 23.4 Å². The van der Waals surface area contributed by atoms with Crippen LogP contribution in [0, 0.1) is 5.82 Å². The van der Waals surface area contributed by atoms with Gasteiger partial charge in [-0.3, -0.25) is 4.79 Å². The Morgan fingerprint density at radius 1 is 1.41 bits per heavy atom. The molecule has 0 spiro atoms. The molecule has 118 valence electrons. The molecule has 0 fully saturated rings. The summed E-state index contributed by atoms with van der Waals surface area (Å²) in [7, 11) is 0. The summed E-state index contributed by atoms with van der Waals surface area (Å²) >= 11 is 1.17. The molecule has 0 unspecified atom stereocenters. The number of aromatic nitrogens is 3. The van der Waals surface area contributed by atoms with Crippen LogP contribution in [-0.4, -0.2) is 26.5 Å². The predicted octanol–water partition coefficient (Wildman–Crippen LogP) is 2.16. The molecule has 6 nitrogen and oxygen atoms in total. The standard InChI is InChI=1S/C14H18FN5OS/c1-14(2,3)12-18-19-13(20(12)16)22-8-11(21)17-10-6-4-5-9(15)7-10/h4-7H,8,16H2,1-3H3,(H,17,21). The highest BCUT2D eigenvalue weighted by Crippen LogP contribution is 2.23. The van der Waals surface area contributed by atoms with Crippen LogP contribution < -0.4 is 11.2 Å². The van der Waals surface area contributed by atoms with Crippen molar-refractivity contribution in [3.8, 4) is 0 Å². The van der Waals surface area contributed by atoms with Crippen LogP contribution in [0.5, 0.6) is 0 Å². The third kappa shape index (κ3) is 3.97. The van der Waals surface area contributed by atoms with Crippen LogP contribution in [0.3, 0.4) is 0 Å². The van der Waals surface area contributed by atoms with Crippen molar-refractivity contribution in [3.05, 3.63) is 35.9 Å². The van der Waals surface area contributed by atoms with Gasteiger partial charge in [-0.15, -0.1) is 10.2 Å². The summed E-state index contributed by atoms with van der Waals surface area (Å²) in [6.45, 7) is 5.93. The fourth-order valence-electron chi connectivity index (χ4n) is 1.78. The Morgan fingerprint density at radius 2 is 2.14 bits per heavy atom. The molecule has 1 heterocycles. The lowest BCUT2D eigenvalue weighted by atomic mass is 9.96. The van der Waals surface area contributed by atoms with Gasteiger partial charge < -0.3 is 11.2 Å². The van der Waals surface area contributed by atoms with E-state index in [-0.39, 0.29) is 17.1 Å². The number of nitrogens with two attached hydrogens (primary N) is 1. The van der Waals surface area contributed by atoms with E-state index < -0.39 is 5.82 Å². The minimum absolute atomic E-state index is 0.107.